The first-order valence-electron chi connectivity index (χ1n) is 5.82. The van der Waals surface area contributed by atoms with Gasteiger partial charge in [0.15, 0.2) is 6.61 Å². The highest BCUT2D eigenvalue weighted by atomic mass is 16.5. The van der Waals surface area contributed by atoms with Gasteiger partial charge in [0.05, 0.1) is 6.54 Å². The van der Waals surface area contributed by atoms with Gasteiger partial charge in [-0.2, -0.15) is 0 Å². The Morgan fingerprint density at radius 2 is 1.72 bits per heavy atom. The molecule has 2 aromatic rings. The van der Waals surface area contributed by atoms with Crippen LogP contribution in [0, 0.1) is 20.8 Å². The molecule has 0 saturated heterocycles. The summed E-state index contributed by atoms with van der Waals surface area (Å²) >= 11 is 0. The minimum atomic E-state index is 0.246. The zero-order valence-electron chi connectivity index (χ0n) is 10.9. The molecule has 1 aromatic carbocycles. The van der Waals surface area contributed by atoms with Crippen molar-refractivity contribution in [2.75, 3.05) is 0 Å². The maximum atomic E-state index is 5.68. The van der Waals surface area contributed by atoms with Crippen LogP contribution in [0.25, 0.3) is 0 Å². The highest BCUT2D eigenvalue weighted by molar-refractivity contribution is 5.40. The molecule has 0 saturated carbocycles. The van der Waals surface area contributed by atoms with Gasteiger partial charge in [-0.05, 0) is 43.5 Å². The molecule has 2 N–H and O–H groups in total. The van der Waals surface area contributed by atoms with Crippen molar-refractivity contribution in [3.63, 3.8) is 0 Å². The quantitative estimate of drug-likeness (QED) is 0.894. The topological polar surface area (TPSA) is 74.2 Å². The van der Waals surface area contributed by atoms with Crippen molar-refractivity contribution in [3.8, 4) is 5.75 Å². The molecule has 0 unspecified atom stereocenters. The molecule has 5 nitrogen and oxygen atoms in total. The summed E-state index contributed by atoms with van der Waals surface area (Å²) in [5, 5.41) is 7.63. The molecule has 0 aliphatic carbocycles. The van der Waals surface area contributed by atoms with E-state index in [4.69, 9.17) is 14.9 Å². The Bertz CT molecular complexity index is 549. The van der Waals surface area contributed by atoms with Crippen LogP contribution in [0.5, 0.6) is 5.75 Å². The van der Waals surface area contributed by atoms with E-state index in [1.54, 1.807) is 0 Å². The van der Waals surface area contributed by atoms with Crippen LogP contribution in [0.1, 0.15) is 28.5 Å². The van der Waals surface area contributed by atoms with Gasteiger partial charge in [0.1, 0.15) is 5.75 Å². The van der Waals surface area contributed by atoms with Gasteiger partial charge in [0.2, 0.25) is 5.89 Å². The molecule has 0 fully saturated rings. The molecular weight excluding hydrogens is 230 g/mol. The number of aryl methyl sites for hydroxylation is 3. The van der Waals surface area contributed by atoms with Gasteiger partial charge in [-0.1, -0.05) is 6.07 Å². The second-order valence-electron chi connectivity index (χ2n) is 4.28. The highest BCUT2D eigenvalue weighted by Gasteiger charge is 2.07. The average Bonchev–Trinajstić information content (AvgIpc) is 2.80. The predicted molar refractivity (Wildman–Crippen MR) is 67.2 cm³/mol. The lowest BCUT2D eigenvalue weighted by Gasteiger charge is -2.10. The van der Waals surface area contributed by atoms with Crippen LogP contribution in [-0.2, 0) is 13.2 Å². The van der Waals surface area contributed by atoms with E-state index in [0.29, 0.717) is 11.8 Å². The Hall–Kier alpha value is -1.88. The number of hydrogen-bond acceptors (Lipinski definition) is 5. The number of aromatic nitrogens is 2. The molecule has 0 amide bonds. The Morgan fingerprint density at radius 3 is 2.39 bits per heavy atom. The smallest absolute Gasteiger partial charge is 0.253 e. The van der Waals surface area contributed by atoms with E-state index in [1.807, 2.05) is 13.0 Å². The summed E-state index contributed by atoms with van der Waals surface area (Å²) in [5.74, 6) is 1.70. The van der Waals surface area contributed by atoms with Gasteiger partial charge >= 0.3 is 0 Å². The van der Waals surface area contributed by atoms with Crippen LogP contribution in [0.3, 0.4) is 0 Å². The first kappa shape index (κ1) is 12.6. The van der Waals surface area contributed by atoms with E-state index in [-0.39, 0.29) is 13.2 Å². The van der Waals surface area contributed by atoms with Crippen molar-refractivity contribution >= 4 is 0 Å². The second-order valence-corrected chi connectivity index (χ2v) is 4.28. The third-order valence-corrected chi connectivity index (χ3v) is 2.83. The van der Waals surface area contributed by atoms with Crippen LogP contribution in [-0.4, -0.2) is 10.2 Å². The maximum Gasteiger partial charge on any atom is 0.253 e. The molecule has 0 aliphatic rings. The van der Waals surface area contributed by atoms with Crippen molar-refractivity contribution in [1.29, 1.82) is 0 Å². The minimum absolute atomic E-state index is 0.246. The molecule has 0 atom stereocenters. The third kappa shape index (κ3) is 2.68. The highest BCUT2D eigenvalue weighted by Crippen LogP contribution is 2.23. The van der Waals surface area contributed by atoms with E-state index in [1.165, 1.54) is 11.1 Å². The van der Waals surface area contributed by atoms with Gasteiger partial charge in [-0.25, -0.2) is 0 Å². The van der Waals surface area contributed by atoms with Gasteiger partial charge < -0.3 is 14.9 Å². The first-order chi connectivity index (χ1) is 8.60. The van der Waals surface area contributed by atoms with Crippen LogP contribution in [0.2, 0.25) is 0 Å². The summed E-state index contributed by atoms with van der Waals surface area (Å²) in [6, 6.07) is 4.12. The van der Waals surface area contributed by atoms with E-state index >= 15 is 0 Å². The molecule has 0 aliphatic heterocycles. The average molecular weight is 247 g/mol. The zero-order valence-corrected chi connectivity index (χ0v) is 10.9. The summed E-state index contributed by atoms with van der Waals surface area (Å²) in [5.41, 5.74) is 8.94. The van der Waals surface area contributed by atoms with Crippen molar-refractivity contribution in [2.24, 2.45) is 5.73 Å². The Kier molecular flexibility index (Phi) is 3.62. The fourth-order valence-electron chi connectivity index (χ4n) is 1.66. The Labute approximate surface area is 106 Å². The molecule has 1 aromatic heterocycles. The van der Waals surface area contributed by atoms with Gasteiger partial charge in [0, 0.05) is 0 Å². The van der Waals surface area contributed by atoms with Crippen molar-refractivity contribution in [1.82, 2.24) is 10.2 Å². The minimum Gasteiger partial charge on any atom is -0.484 e. The normalized spacial score (nSPS) is 10.7. The maximum absolute atomic E-state index is 5.68. The number of hydrogen-bond donors (Lipinski definition) is 1. The molecule has 1 heterocycles. The van der Waals surface area contributed by atoms with Gasteiger partial charge in [-0.15, -0.1) is 10.2 Å². The molecule has 18 heavy (non-hydrogen) atoms. The Balaban J connectivity index is 2.08. The number of rotatable bonds is 4. The third-order valence-electron chi connectivity index (χ3n) is 2.83. The van der Waals surface area contributed by atoms with Crippen molar-refractivity contribution in [3.05, 3.63) is 40.6 Å². The molecule has 2 rings (SSSR count). The fourth-order valence-corrected chi connectivity index (χ4v) is 1.66. The number of benzene rings is 1. The van der Waals surface area contributed by atoms with E-state index < -0.39 is 0 Å². The Morgan fingerprint density at radius 1 is 1.06 bits per heavy atom. The molecule has 0 radical (unpaired) electrons. The zero-order chi connectivity index (χ0) is 13.1. The first-order valence-corrected chi connectivity index (χ1v) is 5.82. The summed E-state index contributed by atoms with van der Waals surface area (Å²) in [6.45, 7) is 6.66. The SMILES string of the molecule is Cc1cc(C)c(OCc2nnc(CN)o2)cc1C. The van der Waals surface area contributed by atoms with Crippen LogP contribution >= 0.6 is 0 Å². The van der Waals surface area contributed by atoms with Crippen LogP contribution < -0.4 is 10.5 Å². The lowest BCUT2D eigenvalue weighted by atomic mass is 10.1. The summed E-state index contributed by atoms with van der Waals surface area (Å²) in [7, 11) is 0. The van der Waals surface area contributed by atoms with E-state index in [0.717, 1.165) is 11.3 Å². The molecule has 96 valence electrons. The lowest BCUT2D eigenvalue weighted by Crippen LogP contribution is -1.98. The van der Waals surface area contributed by atoms with Crippen molar-refractivity contribution < 1.29 is 9.15 Å². The lowest BCUT2D eigenvalue weighted by molar-refractivity contribution is 0.257. The van der Waals surface area contributed by atoms with E-state index in [9.17, 15) is 0 Å². The molecular formula is C13H17N3O2. The van der Waals surface area contributed by atoms with E-state index in [2.05, 4.69) is 30.1 Å². The molecule has 0 spiro atoms. The number of ether oxygens (including phenoxy) is 1. The monoisotopic (exact) mass is 247 g/mol. The van der Waals surface area contributed by atoms with Gasteiger partial charge in [-0.3, -0.25) is 0 Å². The summed E-state index contributed by atoms with van der Waals surface area (Å²) < 4.78 is 11.0. The summed E-state index contributed by atoms with van der Waals surface area (Å²) in [4.78, 5) is 0. The second kappa shape index (κ2) is 5.18. The number of nitrogens with two attached hydrogens (primary N) is 1. The molecule has 0 bridgehead atoms. The molecule has 5 heteroatoms. The van der Waals surface area contributed by atoms with Crippen LogP contribution in [0.4, 0.5) is 0 Å². The summed E-state index contributed by atoms with van der Waals surface area (Å²) in [6.07, 6.45) is 0. The standard InChI is InChI=1S/C13H17N3O2/c1-8-4-10(3)11(5-9(8)2)17-7-13-16-15-12(6-14)18-13/h4-5H,6-7,14H2,1-3H3. The van der Waals surface area contributed by atoms with Gasteiger partial charge in [0.25, 0.3) is 5.89 Å². The van der Waals surface area contributed by atoms with Crippen LogP contribution in [0.15, 0.2) is 16.5 Å². The largest absolute Gasteiger partial charge is 0.484 e. The predicted octanol–water partition coefficient (Wildman–Crippen LogP) is 2.03. The fraction of sp³-hybridized carbons (Fsp3) is 0.385. The number of nitrogens with zero attached hydrogens (tertiary/aromatic N) is 2. The van der Waals surface area contributed by atoms with Crippen molar-refractivity contribution in [2.45, 2.75) is 33.9 Å².